The molecule has 0 aliphatic carbocycles. The van der Waals surface area contributed by atoms with Crippen LogP contribution in [0, 0.1) is 6.92 Å². The van der Waals surface area contributed by atoms with Crippen LogP contribution in [0.5, 0.6) is 0 Å². The van der Waals surface area contributed by atoms with Gasteiger partial charge in [-0.2, -0.15) is 0 Å². The number of aromatic nitrogens is 1. The summed E-state index contributed by atoms with van der Waals surface area (Å²) >= 11 is 0. The first-order chi connectivity index (χ1) is 11.5. The highest BCUT2D eigenvalue weighted by atomic mass is 16.1. The molecule has 0 saturated carbocycles. The molecule has 1 aromatic heterocycles. The summed E-state index contributed by atoms with van der Waals surface area (Å²) < 4.78 is 0. The Labute approximate surface area is 144 Å². The molecule has 128 valence electrons. The molecule has 0 saturated heterocycles. The maximum Gasteiger partial charge on any atom is 0.252 e. The van der Waals surface area contributed by atoms with E-state index in [-0.39, 0.29) is 5.91 Å². The fraction of sp³-hybridized carbons (Fsp3) is 0.368. The van der Waals surface area contributed by atoms with E-state index in [4.69, 9.17) is 0 Å². The Morgan fingerprint density at radius 3 is 2.62 bits per heavy atom. The lowest BCUT2D eigenvalue weighted by atomic mass is 10.2. The van der Waals surface area contributed by atoms with Crippen molar-refractivity contribution in [2.45, 2.75) is 13.8 Å². The lowest BCUT2D eigenvalue weighted by molar-refractivity contribution is 0.0950. The van der Waals surface area contributed by atoms with Crippen molar-refractivity contribution in [3.63, 3.8) is 0 Å². The minimum absolute atomic E-state index is 0.0912. The van der Waals surface area contributed by atoms with Crippen LogP contribution in [0.2, 0.25) is 0 Å². The van der Waals surface area contributed by atoms with Gasteiger partial charge in [-0.05, 0) is 51.7 Å². The summed E-state index contributed by atoms with van der Waals surface area (Å²) in [6.45, 7) is 6.39. The van der Waals surface area contributed by atoms with Gasteiger partial charge in [0.15, 0.2) is 0 Å². The number of rotatable bonds is 7. The first kappa shape index (κ1) is 17.9. The van der Waals surface area contributed by atoms with E-state index in [1.165, 1.54) is 5.56 Å². The summed E-state index contributed by atoms with van der Waals surface area (Å²) in [5.41, 5.74) is 3.81. The van der Waals surface area contributed by atoms with Crippen molar-refractivity contribution in [3.8, 4) is 0 Å². The van der Waals surface area contributed by atoms with Gasteiger partial charge in [-0.25, -0.2) is 0 Å². The molecule has 1 aromatic carbocycles. The van der Waals surface area contributed by atoms with Crippen LogP contribution in [0.4, 0.5) is 11.4 Å². The average molecular weight is 326 g/mol. The highest BCUT2D eigenvalue weighted by Gasteiger charge is 2.12. The number of nitrogens with one attached hydrogen (secondary N) is 1. The highest BCUT2D eigenvalue weighted by Crippen LogP contribution is 2.25. The Morgan fingerprint density at radius 2 is 1.96 bits per heavy atom. The summed E-state index contributed by atoms with van der Waals surface area (Å²) in [5, 5.41) is 2.92. The Balaban J connectivity index is 2.17. The molecule has 0 fully saturated rings. The van der Waals surface area contributed by atoms with Gasteiger partial charge in [0.2, 0.25) is 0 Å². The number of nitrogens with zero attached hydrogens (tertiary/aromatic N) is 3. The van der Waals surface area contributed by atoms with Crippen LogP contribution < -0.4 is 10.2 Å². The van der Waals surface area contributed by atoms with Gasteiger partial charge in [-0.3, -0.25) is 9.78 Å². The molecule has 0 aliphatic rings. The van der Waals surface area contributed by atoms with Crippen molar-refractivity contribution in [2.75, 3.05) is 38.6 Å². The van der Waals surface area contributed by atoms with Gasteiger partial charge in [0.05, 0.1) is 17.4 Å². The number of anilines is 2. The third-order valence-electron chi connectivity index (χ3n) is 3.77. The molecule has 0 bridgehead atoms. The lowest BCUT2D eigenvalue weighted by Gasteiger charge is -2.23. The molecule has 2 aromatic rings. The Hall–Kier alpha value is -2.40. The zero-order chi connectivity index (χ0) is 17.5. The number of amides is 1. The van der Waals surface area contributed by atoms with Gasteiger partial charge in [0, 0.05) is 31.5 Å². The van der Waals surface area contributed by atoms with Gasteiger partial charge in [0.25, 0.3) is 5.91 Å². The summed E-state index contributed by atoms with van der Waals surface area (Å²) in [5.74, 6) is -0.0912. The normalized spacial score (nSPS) is 10.7. The van der Waals surface area contributed by atoms with Crippen molar-refractivity contribution < 1.29 is 4.79 Å². The van der Waals surface area contributed by atoms with Crippen LogP contribution in [-0.4, -0.2) is 49.5 Å². The summed E-state index contributed by atoms with van der Waals surface area (Å²) in [4.78, 5) is 20.7. The number of pyridine rings is 1. The molecular formula is C19H26N4O. The quantitative estimate of drug-likeness (QED) is 0.850. The Morgan fingerprint density at radius 1 is 1.17 bits per heavy atom. The zero-order valence-corrected chi connectivity index (χ0v) is 14.9. The van der Waals surface area contributed by atoms with E-state index >= 15 is 0 Å². The average Bonchev–Trinajstić information content (AvgIpc) is 2.55. The first-order valence-electron chi connectivity index (χ1n) is 8.23. The fourth-order valence-electron chi connectivity index (χ4n) is 2.50. The SMILES string of the molecule is CCN(c1cccc(C)c1)c1cncc(C(=O)NCCN(C)C)c1. The molecule has 5 heteroatoms. The topological polar surface area (TPSA) is 48.5 Å². The van der Waals surface area contributed by atoms with Gasteiger partial charge >= 0.3 is 0 Å². The summed E-state index contributed by atoms with van der Waals surface area (Å²) in [6.07, 6.45) is 3.40. The summed E-state index contributed by atoms with van der Waals surface area (Å²) in [6, 6.07) is 10.2. The maximum absolute atomic E-state index is 12.3. The van der Waals surface area contributed by atoms with Crippen LogP contribution in [-0.2, 0) is 0 Å². The van der Waals surface area contributed by atoms with Crippen LogP contribution in [0.3, 0.4) is 0 Å². The predicted octanol–water partition coefficient (Wildman–Crippen LogP) is 2.84. The molecule has 0 aliphatic heterocycles. The van der Waals surface area contributed by atoms with Gasteiger partial charge in [0.1, 0.15) is 0 Å². The molecule has 0 spiro atoms. The lowest BCUT2D eigenvalue weighted by Crippen LogP contribution is -2.31. The largest absolute Gasteiger partial charge is 0.351 e. The summed E-state index contributed by atoms with van der Waals surface area (Å²) in [7, 11) is 3.96. The van der Waals surface area contributed by atoms with E-state index in [0.717, 1.165) is 24.5 Å². The molecule has 1 N–H and O–H groups in total. The predicted molar refractivity (Wildman–Crippen MR) is 99.0 cm³/mol. The number of hydrogen-bond donors (Lipinski definition) is 1. The third kappa shape index (κ3) is 4.80. The number of hydrogen-bond acceptors (Lipinski definition) is 4. The van der Waals surface area contributed by atoms with E-state index in [2.05, 4.69) is 47.2 Å². The Bertz CT molecular complexity index is 685. The fourth-order valence-corrected chi connectivity index (χ4v) is 2.50. The molecule has 1 amide bonds. The van der Waals surface area contributed by atoms with Gasteiger partial charge < -0.3 is 15.1 Å². The van der Waals surface area contributed by atoms with Crippen molar-refractivity contribution in [1.29, 1.82) is 0 Å². The second-order valence-electron chi connectivity index (χ2n) is 6.07. The molecular weight excluding hydrogens is 300 g/mol. The van der Waals surface area contributed by atoms with Crippen LogP contribution >= 0.6 is 0 Å². The van der Waals surface area contributed by atoms with E-state index < -0.39 is 0 Å². The molecule has 2 rings (SSSR count). The highest BCUT2D eigenvalue weighted by molar-refractivity contribution is 5.94. The molecule has 24 heavy (non-hydrogen) atoms. The molecule has 0 unspecified atom stereocenters. The number of carbonyl (C=O) groups excluding carboxylic acids is 1. The maximum atomic E-state index is 12.3. The number of likely N-dealkylation sites (N-methyl/N-ethyl adjacent to an activating group) is 1. The minimum atomic E-state index is -0.0912. The van der Waals surface area contributed by atoms with Crippen LogP contribution in [0.15, 0.2) is 42.7 Å². The Kier molecular flexibility index (Phi) is 6.32. The van der Waals surface area contributed by atoms with Crippen LogP contribution in [0.25, 0.3) is 0 Å². The van der Waals surface area contributed by atoms with E-state index in [1.807, 2.05) is 31.1 Å². The van der Waals surface area contributed by atoms with Crippen molar-refractivity contribution >= 4 is 17.3 Å². The van der Waals surface area contributed by atoms with E-state index in [9.17, 15) is 4.79 Å². The van der Waals surface area contributed by atoms with E-state index in [1.54, 1.807) is 12.4 Å². The van der Waals surface area contributed by atoms with Crippen molar-refractivity contribution in [1.82, 2.24) is 15.2 Å². The standard InChI is InChI=1S/C19H26N4O/c1-5-23(17-8-6-7-15(2)11-17)18-12-16(13-20-14-18)19(24)21-9-10-22(3)4/h6-8,11-14H,5,9-10H2,1-4H3,(H,21,24). The van der Waals surface area contributed by atoms with Crippen molar-refractivity contribution in [2.24, 2.45) is 0 Å². The van der Waals surface area contributed by atoms with Crippen LogP contribution in [0.1, 0.15) is 22.8 Å². The third-order valence-corrected chi connectivity index (χ3v) is 3.77. The van der Waals surface area contributed by atoms with E-state index in [0.29, 0.717) is 12.1 Å². The molecule has 1 heterocycles. The second-order valence-corrected chi connectivity index (χ2v) is 6.07. The smallest absolute Gasteiger partial charge is 0.252 e. The zero-order valence-electron chi connectivity index (χ0n) is 14.9. The number of benzene rings is 1. The number of carbonyl (C=O) groups is 1. The second kappa shape index (κ2) is 8.45. The number of aryl methyl sites for hydroxylation is 1. The molecule has 0 atom stereocenters. The van der Waals surface area contributed by atoms with Gasteiger partial charge in [-0.1, -0.05) is 12.1 Å². The van der Waals surface area contributed by atoms with Gasteiger partial charge in [-0.15, -0.1) is 0 Å². The molecule has 5 nitrogen and oxygen atoms in total. The first-order valence-corrected chi connectivity index (χ1v) is 8.23. The molecule has 0 radical (unpaired) electrons. The monoisotopic (exact) mass is 326 g/mol. The van der Waals surface area contributed by atoms with Crippen molar-refractivity contribution in [3.05, 3.63) is 53.9 Å². The minimum Gasteiger partial charge on any atom is -0.351 e.